The molecule has 1 N–H and O–H groups in total. The number of likely N-dealkylation sites (tertiary alicyclic amines) is 1. The molecule has 2 heterocycles. The first-order valence-corrected chi connectivity index (χ1v) is 5.96. The molecule has 1 saturated heterocycles. The maximum Gasteiger partial charge on any atom is 0.272 e. The van der Waals surface area contributed by atoms with Crippen molar-refractivity contribution in [3.05, 3.63) is 28.5 Å². The van der Waals surface area contributed by atoms with Gasteiger partial charge in [0, 0.05) is 10.7 Å². The molecule has 0 bridgehead atoms. The van der Waals surface area contributed by atoms with Crippen LogP contribution in [0.1, 0.15) is 23.8 Å². The Morgan fingerprint density at radius 1 is 1.62 bits per heavy atom. The van der Waals surface area contributed by atoms with Crippen LogP contribution in [0.5, 0.6) is 0 Å². The lowest BCUT2D eigenvalue weighted by Gasteiger charge is -2.45. The van der Waals surface area contributed by atoms with E-state index < -0.39 is 5.60 Å². The molecule has 1 amide bonds. The number of rotatable bonds is 2. The first kappa shape index (κ1) is 11.5. The highest BCUT2D eigenvalue weighted by Gasteiger charge is 2.42. The lowest BCUT2D eigenvalue weighted by atomic mass is 9.91. The van der Waals surface area contributed by atoms with Crippen molar-refractivity contribution in [1.29, 1.82) is 0 Å². The zero-order valence-electron chi connectivity index (χ0n) is 8.98. The van der Waals surface area contributed by atoms with E-state index in [0.717, 1.165) is 4.47 Å². The molecule has 0 radical (unpaired) electrons. The number of halogens is 1. The van der Waals surface area contributed by atoms with E-state index in [4.69, 9.17) is 0 Å². The number of hydrogen-bond donors (Lipinski definition) is 1. The topological polar surface area (TPSA) is 53.4 Å². The zero-order chi connectivity index (χ0) is 11.8. The van der Waals surface area contributed by atoms with Crippen LogP contribution in [-0.4, -0.2) is 39.6 Å². The summed E-state index contributed by atoms with van der Waals surface area (Å²) < 4.78 is 0.845. The van der Waals surface area contributed by atoms with Crippen LogP contribution in [-0.2, 0) is 0 Å². The van der Waals surface area contributed by atoms with Gasteiger partial charge in [0.25, 0.3) is 5.91 Å². The number of aromatic nitrogens is 1. The Morgan fingerprint density at radius 2 is 2.31 bits per heavy atom. The molecule has 1 aliphatic rings. The minimum Gasteiger partial charge on any atom is -0.386 e. The predicted octanol–water partition coefficient (Wildman–Crippen LogP) is 1.44. The molecule has 5 heteroatoms. The summed E-state index contributed by atoms with van der Waals surface area (Å²) in [7, 11) is 0. The van der Waals surface area contributed by atoms with Gasteiger partial charge < -0.3 is 10.0 Å². The lowest BCUT2D eigenvalue weighted by molar-refractivity contribution is -0.0828. The summed E-state index contributed by atoms with van der Waals surface area (Å²) in [4.78, 5) is 17.5. The Labute approximate surface area is 102 Å². The molecule has 0 aromatic carbocycles. The SMILES string of the molecule is CCC1(O)CN(C(=O)c2ccc(Br)cn2)C1. The van der Waals surface area contributed by atoms with E-state index in [1.807, 2.05) is 6.92 Å². The monoisotopic (exact) mass is 284 g/mol. The van der Waals surface area contributed by atoms with Gasteiger partial charge in [-0.2, -0.15) is 0 Å². The molecule has 1 aromatic heterocycles. The Bertz CT molecular complexity index is 399. The molecule has 2 rings (SSSR count). The molecule has 0 unspecified atom stereocenters. The van der Waals surface area contributed by atoms with Crippen molar-refractivity contribution in [2.75, 3.05) is 13.1 Å². The third-order valence-electron chi connectivity index (χ3n) is 2.86. The Morgan fingerprint density at radius 3 is 2.81 bits per heavy atom. The van der Waals surface area contributed by atoms with Crippen molar-refractivity contribution in [2.24, 2.45) is 0 Å². The zero-order valence-corrected chi connectivity index (χ0v) is 10.6. The van der Waals surface area contributed by atoms with Gasteiger partial charge >= 0.3 is 0 Å². The van der Waals surface area contributed by atoms with Gasteiger partial charge in [0.1, 0.15) is 5.69 Å². The maximum atomic E-state index is 11.9. The second kappa shape index (κ2) is 4.14. The van der Waals surface area contributed by atoms with Crippen molar-refractivity contribution < 1.29 is 9.90 Å². The third-order valence-corrected chi connectivity index (χ3v) is 3.33. The predicted molar refractivity (Wildman–Crippen MR) is 63.1 cm³/mol. The molecule has 1 aliphatic heterocycles. The number of nitrogens with zero attached hydrogens (tertiary/aromatic N) is 2. The number of carbonyl (C=O) groups excluding carboxylic acids is 1. The molecule has 0 spiro atoms. The van der Waals surface area contributed by atoms with Crippen molar-refractivity contribution in [2.45, 2.75) is 18.9 Å². The molecule has 86 valence electrons. The van der Waals surface area contributed by atoms with Crippen LogP contribution in [0.4, 0.5) is 0 Å². The number of hydrogen-bond acceptors (Lipinski definition) is 3. The molecule has 0 atom stereocenters. The molecule has 0 aliphatic carbocycles. The van der Waals surface area contributed by atoms with Crippen LogP contribution in [0.2, 0.25) is 0 Å². The van der Waals surface area contributed by atoms with Crippen molar-refractivity contribution >= 4 is 21.8 Å². The highest BCUT2D eigenvalue weighted by molar-refractivity contribution is 9.10. The summed E-state index contributed by atoms with van der Waals surface area (Å²) in [6.07, 6.45) is 2.27. The quantitative estimate of drug-likeness (QED) is 0.894. The van der Waals surface area contributed by atoms with Crippen LogP contribution in [0.25, 0.3) is 0 Å². The summed E-state index contributed by atoms with van der Waals surface area (Å²) in [6.45, 7) is 2.72. The second-order valence-electron chi connectivity index (χ2n) is 4.10. The van der Waals surface area contributed by atoms with Gasteiger partial charge in [-0.25, -0.2) is 4.98 Å². The second-order valence-corrected chi connectivity index (χ2v) is 5.02. The van der Waals surface area contributed by atoms with Crippen molar-refractivity contribution in [3.63, 3.8) is 0 Å². The first-order valence-electron chi connectivity index (χ1n) is 5.17. The Balaban J connectivity index is 2.03. The molecule has 1 aromatic rings. The fraction of sp³-hybridized carbons (Fsp3) is 0.455. The fourth-order valence-electron chi connectivity index (χ4n) is 1.70. The van der Waals surface area contributed by atoms with E-state index in [2.05, 4.69) is 20.9 Å². The minimum absolute atomic E-state index is 0.120. The van der Waals surface area contributed by atoms with Gasteiger partial charge in [-0.05, 0) is 34.5 Å². The van der Waals surface area contributed by atoms with E-state index >= 15 is 0 Å². The molecular formula is C11H13BrN2O2. The maximum absolute atomic E-state index is 11.9. The first-order chi connectivity index (χ1) is 7.54. The summed E-state index contributed by atoms with van der Waals surface area (Å²) in [6, 6.07) is 3.46. The van der Waals surface area contributed by atoms with E-state index in [0.29, 0.717) is 25.2 Å². The van der Waals surface area contributed by atoms with E-state index in [1.165, 1.54) is 0 Å². The highest BCUT2D eigenvalue weighted by atomic mass is 79.9. The van der Waals surface area contributed by atoms with E-state index in [-0.39, 0.29) is 5.91 Å². The normalized spacial score (nSPS) is 18.1. The number of carbonyl (C=O) groups is 1. The van der Waals surface area contributed by atoms with Gasteiger partial charge in [-0.15, -0.1) is 0 Å². The van der Waals surface area contributed by atoms with Gasteiger partial charge in [0.05, 0.1) is 18.7 Å². The van der Waals surface area contributed by atoms with Crippen molar-refractivity contribution in [3.8, 4) is 0 Å². The fourth-order valence-corrected chi connectivity index (χ4v) is 1.93. The third kappa shape index (κ3) is 2.10. The largest absolute Gasteiger partial charge is 0.386 e. The molecule has 1 fully saturated rings. The van der Waals surface area contributed by atoms with Gasteiger partial charge in [-0.3, -0.25) is 4.79 Å². The highest BCUT2D eigenvalue weighted by Crippen LogP contribution is 2.25. The molecule has 4 nitrogen and oxygen atoms in total. The Kier molecular flexibility index (Phi) is 2.99. The standard InChI is InChI=1S/C11H13BrN2O2/c1-2-11(16)6-14(7-11)10(15)9-4-3-8(12)5-13-9/h3-5,16H,2,6-7H2,1H3. The average molecular weight is 285 g/mol. The van der Waals surface area contributed by atoms with E-state index in [1.54, 1.807) is 23.2 Å². The number of aliphatic hydroxyl groups is 1. The van der Waals surface area contributed by atoms with Gasteiger partial charge in [0.15, 0.2) is 0 Å². The molecule has 16 heavy (non-hydrogen) atoms. The van der Waals surface area contributed by atoms with Crippen LogP contribution in [0, 0.1) is 0 Å². The molecular weight excluding hydrogens is 272 g/mol. The van der Waals surface area contributed by atoms with Crippen LogP contribution in [0.3, 0.4) is 0 Å². The Hall–Kier alpha value is -0.940. The minimum atomic E-state index is -0.689. The van der Waals surface area contributed by atoms with Gasteiger partial charge in [0.2, 0.25) is 0 Å². The van der Waals surface area contributed by atoms with Crippen molar-refractivity contribution in [1.82, 2.24) is 9.88 Å². The number of amides is 1. The smallest absolute Gasteiger partial charge is 0.272 e. The summed E-state index contributed by atoms with van der Waals surface area (Å²) in [5.41, 5.74) is -0.272. The summed E-state index contributed by atoms with van der Waals surface area (Å²) in [5, 5.41) is 9.81. The van der Waals surface area contributed by atoms with Crippen LogP contribution in [0.15, 0.2) is 22.8 Å². The number of β-amino-alcohol motifs (C(OH)–C–C–N with tert-alkyl or cyclic N) is 1. The van der Waals surface area contributed by atoms with Crippen LogP contribution < -0.4 is 0 Å². The molecule has 0 saturated carbocycles. The number of pyridine rings is 1. The van der Waals surface area contributed by atoms with Crippen LogP contribution >= 0.6 is 15.9 Å². The lowest BCUT2D eigenvalue weighted by Crippen LogP contribution is -2.63. The van der Waals surface area contributed by atoms with Gasteiger partial charge in [-0.1, -0.05) is 6.92 Å². The summed E-state index contributed by atoms with van der Waals surface area (Å²) >= 11 is 3.26. The van der Waals surface area contributed by atoms with E-state index in [9.17, 15) is 9.90 Å². The average Bonchev–Trinajstić information content (AvgIpc) is 2.25. The summed E-state index contributed by atoms with van der Waals surface area (Å²) in [5.74, 6) is -0.120.